The van der Waals surface area contributed by atoms with E-state index < -0.39 is 5.60 Å². The predicted molar refractivity (Wildman–Crippen MR) is 85.2 cm³/mol. The molecule has 1 unspecified atom stereocenters. The van der Waals surface area contributed by atoms with E-state index in [2.05, 4.69) is 25.4 Å². The monoisotopic (exact) mass is 352 g/mol. The van der Waals surface area contributed by atoms with E-state index in [0.29, 0.717) is 27.3 Å². The molecule has 0 aliphatic rings. The second-order valence-electron chi connectivity index (χ2n) is 5.28. The van der Waals surface area contributed by atoms with Gasteiger partial charge < -0.3 is 9.67 Å². The molecule has 0 saturated carbocycles. The Balaban J connectivity index is 2.03. The van der Waals surface area contributed by atoms with Gasteiger partial charge in [0.05, 0.1) is 0 Å². The zero-order valence-corrected chi connectivity index (χ0v) is 13.8. The molecular formula is C14H14Cl2N6O. The van der Waals surface area contributed by atoms with Gasteiger partial charge >= 0.3 is 0 Å². The zero-order chi connectivity index (χ0) is 16.4. The van der Waals surface area contributed by atoms with Crippen LogP contribution in [0.25, 0.3) is 0 Å². The smallest absolute Gasteiger partial charge is 0.153 e. The van der Waals surface area contributed by atoms with E-state index in [1.54, 1.807) is 29.1 Å². The molecule has 23 heavy (non-hydrogen) atoms. The number of aromatic amines is 1. The largest absolute Gasteiger partial charge is 0.384 e. The van der Waals surface area contributed by atoms with Crippen molar-refractivity contribution in [3.05, 3.63) is 58.1 Å². The first-order valence-electron chi connectivity index (χ1n) is 6.83. The molecule has 0 bridgehead atoms. The SMILES string of the molecule is Cn1cnnc1CC(O)(Cc1nc[nH]n1)c1ccc(Cl)cc1Cl. The Morgan fingerprint density at radius 1 is 1.30 bits per heavy atom. The number of halogens is 2. The summed E-state index contributed by atoms with van der Waals surface area (Å²) >= 11 is 12.3. The molecule has 0 aliphatic carbocycles. The molecule has 0 spiro atoms. The lowest BCUT2D eigenvalue weighted by Crippen LogP contribution is -2.33. The van der Waals surface area contributed by atoms with E-state index in [1.165, 1.54) is 6.33 Å². The van der Waals surface area contributed by atoms with E-state index in [-0.39, 0.29) is 12.8 Å². The molecule has 0 saturated heterocycles. The average molecular weight is 353 g/mol. The summed E-state index contributed by atoms with van der Waals surface area (Å²) in [5.74, 6) is 1.09. The van der Waals surface area contributed by atoms with Gasteiger partial charge in [0.15, 0.2) is 5.82 Å². The fourth-order valence-electron chi connectivity index (χ4n) is 2.43. The van der Waals surface area contributed by atoms with Crippen LogP contribution in [0.15, 0.2) is 30.9 Å². The first-order valence-corrected chi connectivity index (χ1v) is 7.59. The molecule has 0 fully saturated rings. The fraction of sp³-hybridized carbons (Fsp3) is 0.286. The number of hydrogen-bond acceptors (Lipinski definition) is 5. The maximum atomic E-state index is 11.3. The Morgan fingerprint density at radius 3 is 2.74 bits per heavy atom. The molecule has 7 nitrogen and oxygen atoms in total. The summed E-state index contributed by atoms with van der Waals surface area (Å²) in [5.41, 5.74) is -0.804. The van der Waals surface area contributed by atoms with Crippen LogP contribution in [0.1, 0.15) is 17.2 Å². The Labute approximate surface area is 142 Å². The molecule has 2 aromatic heterocycles. The van der Waals surface area contributed by atoms with Crippen LogP contribution in [0, 0.1) is 0 Å². The number of aliphatic hydroxyl groups is 1. The highest BCUT2D eigenvalue weighted by molar-refractivity contribution is 6.35. The van der Waals surface area contributed by atoms with E-state index in [9.17, 15) is 5.11 Å². The topological polar surface area (TPSA) is 92.5 Å². The Hall–Kier alpha value is -1.96. The first-order chi connectivity index (χ1) is 11.0. The number of H-pyrrole nitrogens is 1. The normalized spacial score (nSPS) is 13.9. The molecule has 1 atom stereocenters. The number of benzene rings is 1. The molecule has 0 radical (unpaired) electrons. The molecule has 120 valence electrons. The van der Waals surface area contributed by atoms with E-state index in [1.807, 2.05) is 7.05 Å². The Morgan fingerprint density at radius 2 is 2.13 bits per heavy atom. The molecule has 3 rings (SSSR count). The minimum atomic E-state index is -1.34. The highest BCUT2D eigenvalue weighted by atomic mass is 35.5. The summed E-state index contributed by atoms with van der Waals surface area (Å²) in [7, 11) is 1.81. The van der Waals surface area contributed by atoms with Crippen molar-refractivity contribution in [2.24, 2.45) is 7.05 Å². The third-order valence-corrected chi connectivity index (χ3v) is 4.15. The highest BCUT2D eigenvalue weighted by Gasteiger charge is 2.35. The third-order valence-electron chi connectivity index (χ3n) is 3.60. The number of rotatable bonds is 5. The van der Waals surface area contributed by atoms with E-state index >= 15 is 0 Å². The van der Waals surface area contributed by atoms with Crippen LogP contribution in [0.3, 0.4) is 0 Å². The highest BCUT2D eigenvalue weighted by Crippen LogP contribution is 2.34. The Kier molecular flexibility index (Phi) is 4.34. The van der Waals surface area contributed by atoms with Gasteiger partial charge in [0.25, 0.3) is 0 Å². The molecule has 2 N–H and O–H groups in total. The quantitative estimate of drug-likeness (QED) is 0.731. The lowest BCUT2D eigenvalue weighted by Gasteiger charge is -2.28. The fourth-order valence-corrected chi connectivity index (χ4v) is 3.02. The molecule has 3 aromatic rings. The van der Waals surface area contributed by atoms with Crippen molar-refractivity contribution in [2.75, 3.05) is 0 Å². The summed E-state index contributed by atoms with van der Waals surface area (Å²) in [6.07, 6.45) is 3.41. The van der Waals surface area contributed by atoms with Crippen molar-refractivity contribution in [3.8, 4) is 0 Å². The van der Waals surface area contributed by atoms with Gasteiger partial charge in [-0.3, -0.25) is 5.10 Å². The van der Waals surface area contributed by atoms with Gasteiger partial charge in [-0.2, -0.15) is 5.10 Å². The van der Waals surface area contributed by atoms with Crippen molar-refractivity contribution in [1.29, 1.82) is 0 Å². The first kappa shape index (κ1) is 15.9. The number of hydrogen-bond donors (Lipinski definition) is 2. The predicted octanol–water partition coefficient (Wildman–Crippen LogP) is 1.91. The minimum absolute atomic E-state index is 0.171. The van der Waals surface area contributed by atoms with Gasteiger partial charge in [-0.25, -0.2) is 4.98 Å². The summed E-state index contributed by atoms with van der Waals surface area (Å²) in [6.45, 7) is 0. The van der Waals surface area contributed by atoms with Gasteiger partial charge in [0.1, 0.15) is 24.1 Å². The van der Waals surface area contributed by atoms with Crippen LogP contribution in [0.2, 0.25) is 10.0 Å². The average Bonchev–Trinajstić information content (AvgIpc) is 3.11. The van der Waals surface area contributed by atoms with Gasteiger partial charge in [-0.1, -0.05) is 29.3 Å². The van der Waals surface area contributed by atoms with Crippen LogP contribution in [0.4, 0.5) is 0 Å². The second-order valence-corrected chi connectivity index (χ2v) is 6.13. The van der Waals surface area contributed by atoms with Crippen molar-refractivity contribution in [2.45, 2.75) is 18.4 Å². The molecule has 1 aromatic carbocycles. The van der Waals surface area contributed by atoms with Gasteiger partial charge in [-0.15, -0.1) is 10.2 Å². The molecule has 0 aliphatic heterocycles. The Bertz CT molecular complexity index is 803. The number of aromatic nitrogens is 6. The van der Waals surface area contributed by atoms with Gasteiger partial charge in [0, 0.05) is 35.5 Å². The van der Waals surface area contributed by atoms with Crippen LogP contribution >= 0.6 is 23.2 Å². The minimum Gasteiger partial charge on any atom is -0.384 e. The number of aryl methyl sites for hydroxylation is 1. The lowest BCUT2D eigenvalue weighted by molar-refractivity contribution is 0.0325. The van der Waals surface area contributed by atoms with Crippen LogP contribution < -0.4 is 0 Å². The van der Waals surface area contributed by atoms with E-state index in [0.717, 1.165) is 0 Å². The molecule has 9 heteroatoms. The van der Waals surface area contributed by atoms with Crippen LogP contribution in [0.5, 0.6) is 0 Å². The third kappa shape index (κ3) is 3.36. The van der Waals surface area contributed by atoms with Crippen LogP contribution in [-0.4, -0.2) is 35.1 Å². The van der Waals surface area contributed by atoms with E-state index in [4.69, 9.17) is 23.2 Å². The van der Waals surface area contributed by atoms with Crippen molar-refractivity contribution >= 4 is 23.2 Å². The summed E-state index contributed by atoms with van der Waals surface area (Å²) in [4.78, 5) is 4.09. The maximum absolute atomic E-state index is 11.3. The number of nitrogens with zero attached hydrogens (tertiary/aromatic N) is 5. The maximum Gasteiger partial charge on any atom is 0.153 e. The van der Waals surface area contributed by atoms with Crippen molar-refractivity contribution in [1.82, 2.24) is 29.9 Å². The molecular weight excluding hydrogens is 339 g/mol. The second kappa shape index (κ2) is 6.27. The molecule has 0 amide bonds. The van der Waals surface area contributed by atoms with Crippen molar-refractivity contribution in [3.63, 3.8) is 0 Å². The summed E-state index contributed by atoms with van der Waals surface area (Å²) in [6, 6.07) is 4.98. The zero-order valence-electron chi connectivity index (χ0n) is 12.2. The van der Waals surface area contributed by atoms with Crippen LogP contribution in [-0.2, 0) is 25.5 Å². The lowest BCUT2D eigenvalue weighted by atomic mass is 9.86. The van der Waals surface area contributed by atoms with Gasteiger partial charge in [-0.05, 0) is 12.1 Å². The van der Waals surface area contributed by atoms with Gasteiger partial charge in [0.2, 0.25) is 0 Å². The van der Waals surface area contributed by atoms with Crippen molar-refractivity contribution < 1.29 is 5.11 Å². The standard InChI is InChI=1S/C14H14Cl2N6O/c1-22-8-19-21-13(22)6-14(23,5-12-17-7-18-20-12)10-3-2-9(15)4-11(10)16/h2-4,7-8,23H,5-6H2,1H3,(H,17,18,20). The molecule has 2 heterocycles. The summed E-state index contributed by atoms with van der Waals surface area (Å²) < 4.78 is 1.74. The summed E-state index contributed by atoms with van der Waals surface area (Å²) in [5, 5.41) is 26.7. The number of nitrogens with one attached hydrogen (secondary N) is 1.